The molecule has 1 aromatic heterocycles. The average molecular weight is 326 g/mol. The number of benzene rings is 2. The highest BCUT2D eigenvalue weighted by Crippen LogP contribution is 2.27. The number of aromatic amines is 1. The fraction of sp³-hybridized carbons (Fsp3) is 0.167. The summed E-state index contributed by atoms with van der Waals surface area (Å²) in [5.41, 5.74) is 8.88. The molecule has 2 aromatic carbocycles. The van der Waals surface area contributed by atoms with Crippen molar-refractivity contribution in [3.05, 3.63) is 54.0 Å². The number of rotatable bonds is 5. The van der Waals surface area contributed by atoms with Gasteiger partial charge in [0.15, 0.2) is 0 Å². The van der Waals surface area contributed by atoms with E-state index in [4.69, 9.17) is 5.73 Å². The molecule has 0 radical (unpaired) electrons. The summed E-state index contributed by atoms with van der Waals surface area (Å²) in [6.45, 7) is 1.94. The third-order valence-corrected chi connectivity index (χ3v) is 3.83. The Bertz CT molecular complexity index is 888. The highest BCUT2D eigenvalue weighted by atomic mass is 19.1. The number of amides is 1. The monoisotopic (exact) mass is 326 g/mol. The summed E-state index contributed by atoms with van der Waals surface area (Å²) in [5, 5.41) is 6.82. The summed E-state index contributed by atoms with van der Waals surface area (Å²) < 4.78 is 14.0. The van der Waals surface area contributed by atoms with Gasteiger partial charge in [-0.15, -0.1) is 0 Å². The Kier molecular flexibility index (Phi) is 4.37. The molecule has 1 amide bonds. The summed E-state index contributed by atoms with van der Waals surface area (Å²) in [5.74, 6) is -0.696. The summed E-state index contributed by atoms with van der Waals surface area (Å²) in [6, 6.07) is 10.8. The van der Waals surface area contributed by atoms with E-state index in [0.29, 0.717) is 17.9 Å². The second kappa shape index (κ2) is 6.62. The van der Waals surface area contributed by atoms with E-state index < -0.39 is 5.82 Å². The number of carbonyl (C=O) groups excluding carboxylic acids is 1. The van der Waals surface area contributed by atoms with Gasteiger partial charge in [-0.3, -0.25) is 4.79 Å². The van der Waals surface area contributed by atoms with E-state index in [0.717, 1.165) is 22.9 Å². The third-order valence-electron chi connectivity index (χ3n) is 3.83. The minimum absolute atomic E-state index is 0.199. The predicted molar refractivity (Wildman–Crippen MR) is 95.6 cm³/mol. The second-order valence-electron chi connectivity index (χ2n) is 5.64. The zero-order valence-electron chi connectivity index (χ0n) is 13.3. The van der Waals surface area contributed by atoms with Gasteiger partial charge < -0.3 is 21.4 Å². The fourth-order valence-electron chi connectivity index (χ4n) is 2.69. The van der Waals surface area contributed by atoms with Crippen LogP contribution in [0.1, 0.15) is 12.5 Å². The van der Waals surface area contributed by atoms with Crippen LogP contribution in [0.25, 0.3) is 10.9 Å². The lowest BCUT2D eigenvalue weighted by Crippen LogP contribution is -2.11. The van der Waals surface area contributed by atoms with Crippen LogP contribution >= 0.6 is 0 Å². The van der Waals surface area contributed by atoms with Crippen LogP contribution in [0.15, 0.2) is 42.6 Å². The Balaban J connectivity index is 1.71. The van der Waals surface area contributed by atoms with Crippen molar-refractivity contribution < 1.29 is 9.18 Å². The molecular weight excluding hydrogens is 307 g/mol. The number of fused-ring (bicyclic) bond motifs is 1. The SMILES string of the molecule is CC(=O)Nc1cc(NCCc2c[nH]c3ccccc23)c(F)cc1N. The van der Waals surface area contributed by atoms with E-state index in [-0.39, 0.29) is 11.6 Å². The largest absolute Gasteiger partial charge is 0.397 e. The molecule has 0 spiro atoms. The lowest BCUT2D eigenvalue weighted by molar-refractivity contribution is -0.114. The number of nitrogens with two attached hydrogens (primary N) is 1. The fourth-order valence-corrected chi connectivity index (χ4v) is 2.69. The van der Waals surface area contributed by atoms with E-state index >= 15 is 0 Å². The molecule has 3 aromatic rings. The first-order valence-electron chi connectivity index (χ1n) is 7.70. The topological polar surface area (TPSA) is 82.9 Å². The highest BCUT2D eigenvalue weighted by molar-refractivity contribution is 5.93. The zero-order valence-corrected chi connectivity index (χ0v) is 13.3. The Morgan fingerprint density at radius 3 is 2.83 bits per heavy atom. The molecule has 0 unspecified atom stereocenters. The molecule has 1 heterocycles. The maximum absolute atomic E-state index is 14.0. The van der Waals surface area contributed by atoms with Crippen LogP contribution < -0.4 is 16.4 Å². The van der Waals surface area contributed by atoms with Crippen LogP contribution in [0, 0.1) is 5.82 Å². The molecule has 0 aliphatic rings. The maximum atomic E-state index is 14.0. The molecule has 24 heavy (non-hydrogen) atoms. The van der Waals surface area contributed by atoms with Gasteiger partial charge in [-0.05, 0) is 24.1 Å². The molecule has 0 bridgehead atoms. The first-order valence-corrected chi connectivity index (χ1v) is 7.70. The lowest BCUT2D eigenvalue weighted by Gasteiger charge is -2.12. The molecule has 124 valence electrons. The van der Waals surface area contributed by atoms with Gasteiger partial charge in [0.1, 0.15) is 5.82 Å². The molecule has 0 aliphatic carbocycles. The number of nitrogens with one attached hydrogen (secondary N) is 3. The minimum Gasteiger partial charge on any atom is -0.397 e. The first-order chi connectivity index (χ1) is 11.5. The average Bonchev–Trinajstić information content (AvgIpc) is 2.94. The molecule has 5 N–H and O–H groups in total. The van der Waals surface area contributed by atoms with Gasteiger partial charge in [0.2, 0.25) is 5.91 Å². The van der Waals surface area contributed by atoms with Crippen molar-refractivity contribution in [3.8, 4) is 0 Å². The van der Waals surface area contributed by atoms with Crippen LogP contribution in [0.4, 0.5) is 21.5 Å². The van der Waals surface area contributed by atoms with E-state index in [1.165, 1.54) is 19.1 Å². The number of carbonyl (C=O) groups is 1. The van der Waals surface area contributed by atoms with Gasteiger partial charge in [0, 0.05) is 36.6 Å². The lowest BCUT2D eigenvalue weighted by atomic mass is 10.1. The number of para-hydroxylation sites is 1. The number of H-pyrrole nitrogens is 1. The van der Waals surface area contributed by atoms with Crippen LogP contribution in [0.5, 0.6) is 0 Å². The quantitative estimate of drug-likeness (QED) is 0.542. The van der Waals surface area contributed by atoms with E-state index in [9.17, 15) is 9.18 Å². The van der Waals surface area contributed by atoms with Gasteiger partial charge in [0.05, 0.1) is 17.1 Å². The Morgan fingerprint density at radius 2 is 2.04 bits per heavy atom. The summed E-state index contributed by atoms with van der Waals surface area (Å²) in [6.07, 6.45) is 2.71. The highest BCUT2D eigenvalue weighted by Gasteiger charge is 2.09. The van der Waals surface area contributed by atoms with Crippen molar-refractivity contribution in [1.29, 1.82) is 0 Å². The Hall–Kier alpha value is -3.02. The second-order valence-corrected chi connectivity index (χ2v) is 5.64. The van der Waals surface area contributed by atoms with Crippen molar-refractivity contribution in [2.45, 2.75) is 13.3 Å². The maximum Gasteiger partial charge on any atom is 0.221 e. The molecule has 0 saturated carbocycles. The summed E-state index contributed by atoms with van der Waals surface area (Å²) in [7, 11) is 0. The van der Waals surface area contributed by atoms with Crippen LogP contribution in [-0.2, 0) is 11.2 Å². The normalized spacial score (nSPS) is 10.8. The third kappa shape index (κ3) is 3.32. The van der Waals surface area contributed by atoms with Crippen molar-refractivity contribution >= 4 is 33.9 Å². The molecule has 0 fully saturated rings. The van der Waals surface area contributed by atoms with Crippen LogP contribution in [-0.4, -0.2) is 17.4 Å². The van der Waals surface area contributed by atoms with Crippen molar-refractivity contribution in [2.24, 2.45) is 0 Å². The van der Waals surface area contributed by atoms with Crippen LogP contribution in [0.2, 0.25) is 0 Å². The minimum atomic E-state index is -0.444. The van der Waals surface area contributed by atoms with E-state index in [2.05, 4.69) is 21.7 Å². The first kappa shape index (κ1) is 15.9. The summed E-state index contributed by atoms with van der Waals surface area (Å²) >= 11 is 0. The Morgan fingerprint density at radius 1 is 1.25 bits per heavy atom. The molecule has 5 nitrogen and oxygen atoms in total. The zero-order chi connectivity index (χ0) is 17.1. The number of anilines is 3. The van der Waals surface area contributed by atoms with Crippen LogP contribution in [0.3, 0.4) is 0 Å². The van der Waals surface area contributed by atoms with Gasteiger partial charge >= 0.3 is 0 Å². The molecule has 3 rings (SSSR count). The standard InChI is InChI=1S/C18H19FN4O/c1-11(24)23-18-9-17(14(19)8-15(18)20)21-7-6-12-10-22-16-5-3-2-4-13(12)16/h2-5,8-10,21-22H,6-7,20H2,1H3,(H,23,24). The number of hydrogen-bond donors (Lipinski definition) is 4. The van der Waals surface area contributed by atoms with E-state index in [1.54, 1.807) is 0 Å². The molecule has 0 aliphatic heterocycles. The molecular formula is C18H19FN4O. The van der Waals surface area contributed by atoms with Crippen molar-refractivity contribution in [1.82, 2.24) is 4.98 Å². The van der Waals surface area contributed by atoms with Gasteiger partial charge in [-0.25, -0.2) is 4.39 Å². The number of nitrogen functional groups attached to an aromatic ring is 1. The van der Waals surface area contributed by atoms with Gasteiger partial charge in [-0.1, -0.05) is 18.2 Å². The van der Waals surface area contributed by atoms with Crippen molar-refractivity contribution in [2.75, 3.05) is 22.9 Å². The van der Waals surface area contributed by atoms with Gasteiger partial charge in [-0.2, -0.15) is 0 Å². The Labute approximate surface area is 139 Å². The number of aromatic nitrogens is 1. The molecule has 0 saturated heterocycles. The van der Waals surface area contributed by atoms with Gasteiger partial charge in [0.25, 0.3) is 0 Å². The van der Waals surface area contributed by atoms with Crippen molar-refractivity contribution in [3.63, 3.8) is 0 Å². The number of halogens is 1. The smallest absolute Gasteiger partial charge is 0.221 e. The molecule has 0 atom stereocenters. The molecule has 6 heteroatoms. The summed E-state index contributed by atoms with van der Waals surface area (Å²) in [4.78, 5) is 14.4. The van der Waals surface area contributed by atoms with E-state index in [1.807, 2.05) is 24.4 Å². The number of hydrogen-bond acceptors (Lipinski definition) is 3. The predicted octanol–water partition coefficient (Wildman–Crippen LogP) is 3.50.